The topological polar surface area (TPSA) is 92.2 Å². The van der Waals surface area contributed by atoms with Crippen LogP contribution < -0.4 is 4.74 Å². The highest BCUT2D eigenvalue weighted by atomic mass is 16.5. The van der Waals surface area contributed by atoms with Crippen LogP contribution in [0.4, 0.5) is 0 Å². The highest BCUT2D eigenvalue weighted by Crippen LogP contribution is 2.21. The Labute approximate surface area is 139 Å². The fourth-order valence-corrected chi connectivity index (χ4v) is 2.13. The molecule has 0 amide bonds. The molecule has 3 rings (SSSR count). The van der Waals surface area contributed by atoms with Crippen LogP contribution in [0.2, 0.25) is 0 Å². The Hall–Kier alpha value is -3.17. The first-order chi connectivity index (χ1) is 11.7. The molecule has 0 saturated heterocycles. The summed E-state index contributed by atoms with van der Waals surface area (Å²) in [5.74, 6) is 1.33. The summed E-state index contributed by atoms with van der Waals surface area (Å²) in [7, 11) is 0. The van der Waals surface area contributed by atoms with E-state index in [-0.39, 0.29) is 6.61 Å². The highest BCUT2D eigenvalue weighted by molar-refractivity contribution is 5.54. The van der Waals surface area contributed by atoms with Crippen molar-refractivity contribution in [2.75, 3.05) is 0 Å². The minimum Gasteiger partial charge on any atom is -0.484 e. The molecule has 1 N–H and O–H groups in total. The number of benzene rings is 2. The third-order valence-corrected chi connectivity index (χ3v) is 3.43. The van der Waals surface area contributed by atoms with Crippen molar-refractivity contribution in [3.8, 4) is 23.3 Å². The minimum absolute atomic E-state index is 0.131. The highest BCUT2D eigenvalue weighted by Gasteiger charge is 2.10. The number of hydrogen-bond acceptors (Lipinski definition) is 6. The van der Waals surface area contributed by atoms with Crippen LogP contribution in [-0.4, -0.2) is 15.3 Å². The van der Waals surface area contributed by atoms with Crippen molar-refractivity contribution in [2.45, 2.75) is 19.6 Å². The van der Waals surface area contributed by atoms with E-state index in [0.29, 0.717) is 23.1 Å². The number of nitriles is 1. The summed E-state index contributed by atoms with van der Waals surface area (Å²) < 4.78 is 11.2. The molecule has 6 nitrogen and oxygen atoms in total. The quantitative estimate of drug-likeness (QED) is 0.775. The van der Waals surface area contributed by atoms with Crippen LogP contribution in [0.25, 0.3) is 11.5 Å². The smallest absolute Gasteiger partial charge is 0.254 e. The van der Waals surface area contributed by atoms with Crippen LogP contribution in [0.15, 0.2) is 52.9 Å². The molecule has 0 spiro atoms. The number of nitrogens with zero attached hydrogens (tertiary/aromatic N) is 3. The average molecular weight is 321 g/mol. The van der Waals surface area contributed by atoms with Crippen molar-refractivity contribution in [2.24, 2.45) is 0 Å². The molecule has 1 heterocycles. The summed E-state index contributed by atoms with van der Waals surface area (Å²) in [5.41, 5.74) is 2.08. The molecule has 0 aliphatic heterocycles. The zero-order chi connectivity index (χ0) is 16.9. The molecule has 0 saturated carbocycles. The van der Waals surface area contributed by atoms with Gasteiger partial charge >= 0.3 is 0 Å². The van der Waals surface area contributed by atoms with E-state index in [1.807, 2.05) is 12.1 Å². The molecule has 1 aromatic heterocycles. The monoisotopic (exact) mass is 321 g/mol. The van der Waals surface area contributed by atoms with Gasteiger partial charge in [0, 0.05) is 5.56 Å². The van der Waals surface area contributed by atoms with Crippen LogP contribution in [0, 0.1) is 11.3 Å². The number of aliphatic hydroxyl groups is 1. The summed E-state index contributed by atoms with van der Waals surface area (Å²) in [6.07, 6.45) is -0.556. The van der Waals surface area contributed by atoms with Gasteiger partial charge in [0.1, 0.15) is 5.75 Å². The molecule has 1 unspecified atom stereocenters. The maximum atomic E-state index is 9.58. The fraction of sp³-hybridized carbons (Fsp3) is 0.167. The first-order valence-electron chi connectivity index (χ1n) is 7.39. The Morgan fingerprint density at radius 3 is 2.71 bits per heavy atom. The number of hydrogen-bond donors (Lipinski definition) is 1. The predicted molar refractivity (Wildman–Crippen MR) is 85.9 cm³/mol. The van der Waals surface area contributed by atoms with Gasteiger partial charge in [-0.3, -0.25) is 0 Å². The van der Waals surface area contributed by atoms with Gasteiger partial charge in [-0.1, -0.05) is 12.1 Å². The molecule has 24 heavy (non-hydrogen) atoms. The molecule has 2 aromatic carbocycles. The van der Waals surface area contributed by atoms with Gasteiger partial charge in [0.25, 0.3) is 5.89 Å². The van der Waals surface area contributed by atoms with E-state index in [0.717, 1.165) is 11.1 Å². The van der Waals surface area contributed by atoms with Crippen LogP contribution in [0.3, 0.4) is 0 Å². The maximum Gasteiger partial charge on any atom is 0.254 e. The van der Waals surface area contributed by atoms with Crippen LogP contribution in [0.1, 0.15) is 30.0 Å². The zero-order valence-electron chi connectivity index (χ0n) is 13.0. The molecule has 6 heteroatoms. The van der Waals surface area contributed by atoms with Gasteiger partial charge in [0.2, 0.25) is 5.89 Å². The molecule has 0 radical (unpaired) electrons. The Morgan fingerprint density at radius 2 is 2.00 bits per heavy atom. The van der Waals surface area contributed by atoms with E-state index in [1.54, 1.807) is 43.3 Å². The third-order valence-electron chi connectivity index (χ3n) is 3.43. The van der Waals surface area contributed by atoms with Gasteiger partial charge in [-0.15, -0.1) is 10.2 Å². The minimum atomic E-state index is -0.556. The predicted octanol–water partition coefficient (Wildman–Crippen LogP) is 3.24. The lowest BCUT2D eigenvalue weighted by Crippen LogP contribution is -1.97. The molecule has 1 atom stereocenters. The summed E-state index contributed by atoms with van der Waals surface area (Å²) in [5, 5.41) is 26.3. The molecule has 0 fully saturated rings. The van der Waals surface area contributed by atoms with Crippen LogP contribution in [-0.2, 0) is 6.61 Å². The summed E-state index contributed by atoms with van der Waals surface area (Å²) in [4.78, 5) is 0. The number of aliphatic hydroxyl groups excluding tert-OH is 1. The molecule has 0 aliphatic rings. The van der Waals surface area contributed by atoms with Crippen molar-refractivity contribution in [3.05, 3.63) is 65.5 Å². The summed E-state index contributed by atoms with van der Waals surface area (Å²) >= 11 is 0. The standard InChI is InChI=1S/C18H15N3O3/c1-12(22)15-3-2-4-16(9-15)23-11-17-20-21-18(24-17)14-7-5-13(10-19)6-8-14/h2-9,12,22H,11H2,1H3. The molecule has 0 aliphatic carbocycles. The SMILES string of the molecule is CC(O)c1cccc(OCc2nnc(-c3ccc(C#N)cc3)o2)c1. The Morgan fingerprint density at radius 1 is 1.21 bits per heavy atom. The van der Waals surface area contributed by atoms with Crippen molar-refractivity contribution in [3.63, 3.8) is 0 Å². The van der Waals surface area contributed by atoms with Gasteiger partial charge in [0.05, 0.1) is 17.7 Å². The summed E-state index contributed by atoms with van der Waals surface area (Å²) in [6.45, 7) is 1.83. The second-order valence-electron chi connectivity index (χ2n) is 5.23. The molecule has 120 valence electrons. The zero-order valence-corrected chi connectivity index (χ0v) is 13.0. The molecular formula is C18H15N3O3. The summed E-state index contributed by atoms with van der Waals surface area (Å²) in [6, 6.07) is 16.1. The van der Waals surface area contributed by atoms with Crippen molar-refractivity contribution < 1.29 is 14.3 Å². The number of rotatable bonds is 5. The van der Waals surface area contributed by atoms with E-state index in [9.17, 15) is 5.11 Å². The van der Waals surface area contributed by atoms with E-state index >= 15 is 0 Å². The van der Waals surface area contributed by atoms with Crippen molar-refractivity contribution in [1.82, 2.24) is 10.2 Å². The lowest BCUT2D eigenvalue weighted by atomic mass is 10.1. The van der Waals surface area contributed by atoms with Crippen LogP contribution >= 0.6 is 0 Å². The normalized spacial score (nSPS) is 11.7. The van der Waals surface area contributed by atoms with E-state index in [1.165, 1.54) is 0 Å². The molecular weight excluding hydrogens is 306 g/mol. The Bertz CT molecular complexity index is 864. The first kappa shape index (κ1) is 15.7. The maximum absolute atomic E-state index is 9.58. The van der Waals surface area contributed by atoms with E-state index in [4.69, 9.17) is 14.4 Å². The number of ether oxygens (including phenoxy) is 1. The average Bonchev–Trinajstić information content (AvgIpc) is 3.09. The van der Waals surface area contributed by atoms with E-state index < -0.39 is 6.10 Å². The van der Waals surface area contributed by atoms with Crippen LogP contribution in [0.5, 0.6) is 5.75 Å². The third kappa shape index (κ3) is 3.59. The van der Waals surface area contributed by atoms with Gasteiger partial charge < -0.3 is 14.3 Å². The van der Waals surface area contributed by atoms with E-state index in [2.05, 4.69) is 16.3 Å². The lowest BCUT2D eigenvalue weighted by molar-refractivity contribution is 0.198. The Kier molecular flexibility index (Phi) is 4.54. The lowest BCUT2D eigenvalue weighted by Gasteiger charge is -2.07. The second-order valence-corrected chi connectivity index (χ2v) is 5.23. The van der Waals surface area contributed by atoms with Crippen molar-refractivity contribution in [1.29, 1.82) is 5.26 Å². The van der Waals surface area contributed by atoms with Gasteiger partial charge in [0.15, 0.2) is 6.61 Å². The van der Waals surface area contributed by atoms with Crippen molar-refractivity contribution >= 4 is 0 Å². The largest absolute Gasteiger partial charge is 0.484 e. The number of aromatic nitrogens is 2. The first-order valence-corrected chi connectivity index (χ1v) is 7.39. The second kappa shape index (κ2) is 6.94. The van der Waals surface area contributed by atoms with Gasteiger partial charge in [-0.25, -0.2) is 0 Å². The Balaban J connectivity index is 1.68. The van der Waals surface area contributed by atoms with Gasteiger partial charge in [-0.2, -0.15) is 5.26 Å². The van der Waals surface area contributed by atoms with Gasteiger partial charge in [-0.05, 0) is 48.9 Å². The molecule has 0 bridgehead atoms. The molecule has 3 aromatic rings. The fourth-order valence-electron chi connectivity index (χ4n) is 2.13.